The monoisotopic (exact) mass is 520 g/mol. The highest BCUT2D eigenvalue weighted by Crippen LogP contribution is 2.11. The number of nitrogens with one attached hydrogen (secondary N) is 3. The highest BCUT2D eigenvalue weighted by atomic mass is 32.2. The maximum Gasteiger partial charge on any atom is 0.238 e. The second-order valence-electron chi connectivity index (χ2n) is 7.78. The van der Waals surface area contributed by atoms with E-state index in [1.807, 2.05) is 0 Å². The van der Waals surface area contributed by atoms with Crippen molar-refractivity contribution in [2.45, 2.75) is 31.1 Å². The molecule has 5 N–H and O–H groups in total. The average Bonchev–Trinajstić information content (AvgIpc) is 2.85. The maximum atomic E-state index is 12.7. The number of sulfonamides is 1. The van der Waals surface area contributed by atoms with Gasteiger partial charge in [-0.15, -0.1) is 0 Å². The highest BCUT2D eigenvalue weighted by molar-refractivity contribution is 8.14. The third-order valence-electron chi connectivity index (χ3n) is 4.87. The van der Waals surface area contributed by atoms with Crippen LogP contribution in [-0.4, -0.2) is 56.8 Å². The Kier molecular flexibility index (Phi) is 12.5. The second-order valence-corrected chi connectivity index (χ2v) is 10.5. The number of amides is 2. The molecule has 0 radical (unpaired) electrons. The Morgan fingerprint density at radius 3 is 2.17 bits per heavy atom. The number of thioether (sulfide) groups is 1. The summed E-state index contributed by atoms with van der Waals surface area (Å²) in [6, 6.07) is 16.4. The zero-order valence-corrected chi connectivity index (χ0v) is 21.1. The van der Waals surface area contributed by atoms with Gasteiger partial charge in [-0.25, -0.2) is 13.1 Å². The molecule has 2 amide bonds. The Bertz CT molecular complexity index is 1050. The Labute approximate surface area is 210 Å². The molecule has 0 saturated heterocycles. The van der Waals surface area contributed by atoms with Crippen molar-refractivity contribution in [3.8, 4) is 0 Å². The first-order valence-electron chi connectivity index (χ1n) is 11.3. The number of benzene rings is 2. The molecule has 2 aromatic rings. The quantitative estimate of drug-likeness (QED) is 0.260. The second kappa shape index (κ2) is 15.3. The van der Waals surface area contributed by atoms with Gasteiger partial charge in [-0.3, -0.25) is 14.4 Å². The van der Waals surface area contributed by atoms with Crippen LogP contribution < -0.4 is 21.1 Å². The summed E-state index contributed by atoms with van der Waals surface area (Å²) < 4.78 is 27.7. The van der Waals surface area contributed by atoms with E-state index in [0.29, 0.717) is 36.9 Å². The van der Waals surface area contributed by atoms with Gasteiger partial charge in [0.15, 0.2) is 0 Å². The fourth-order valence-electron chi connectivity index (χ4n) is 3.14. The van der Waals surface area contributed by atoms with Crippen LogP contribution in [-0.2, 0) is 25.4 Å². The van der Waals surface area contributed by atoms with E-state index in [2.05, 4.69) is 15.4 Å². The molecular weight excluding hydrogens is 488 g/mol. The van der Waals surface area contributed by atoms with E-state index in [-0.39, 0.29) is 35.6 Å². The Hall–Kier alpha value is -2.73. The Morgan fingerprint density at radius 2 is 1.51 bits per heavy atom. The lowest BCUT2D eigenvalue weighted by atomic mass is 10.1. The van der Waals surface area contributed by atoms with Crippen molar-refractivity contribution in [2.75, 3.05) is 25.4 Å². The number of hydrogen-bond donors (Lipinski definition) is 4. The summed E-state index contributed by atoms with van der Waals surface area (Å²) in [6.45, 7) is 0.717. The minimum Gasteiger partial charge on any atom is -0.354 e. The fraction of sp³-hybridized carbons (Fsp3) is 0.375. The number of carbonyl (C=O) groups is 3. The first-order chi connectivity index (χ1) is 16.8. The predicted octanol–water partition coefficient (Wildman–Crippen LogP) is 1.41. The molecule has 0 spiro atoms. The number of carbonyl (C=O) groups excluding carboxylic acids is 3. The van der Waals surface area contributed by atoms with Crippen molar-refractivity contribution < 1.29 is 22.8 Å². The molecule has 0 aliphatic rings. The van der Waals surface area contributed by atoms with Crippen LogP contribution in [0.3, 0.4) is 0 Å². The van der Waals surface area contributed by atoms with E-state index in [1.54, 1.807) is 60.7 Å². The van der Waals surface area contributed by atoms with E-state index in [9.17, 15) is 22.8 Å². The molecule has 2 aromatic carbocycles. The number of nitrogens with two attached hydrogens (primary N) is 1. The zero-order valence-electron chi connectivity index (χ0n) is 19.4. The molecule has 9 nitrogen and oxygen atoms in total. The van der Waals surface area contributed by atoms with Crippen LogP contribution in [0, 0.1) is 0 Å². The van der Waals surface area contributed by atoms with E-state index in [0.717, 1.165) is 11.8 Å². The molecule has 0 heterocycles. The molecule has 190 valence electrons. The van der Waals surface area contributed by atoms with Crippen LogP contribution in [0.5, 0.6) is 0 Å². The van der Waals surface area contributed by atoms with Crippen molar-refractivity contribution in [2.24, 2.45) is 5.73 Å². The largest absolute Gasteiger partial charge is 0.354 e. The Balaban J connectivity index is 1.78. The molecule has 0 aromatic heterocycles. The van der Waals surface area contributed by atoms with Crippen molar-refractivity contribution in [3.05, 3.63) is 71.8 Å². The SMILES string of the molecule is NCCCC[C@H](NS(=O)(=O)Cc1ccccc1)C(=O)NCCNC(=O)CSC(=O)c1ccccc1. The van der Waals surface area contributed by atoms with Gasteiger partial charge in [-0.05, 0) is 24.9 Å². The van der Waals surface area contributed by atoms with E-state index >= 15 is 0 Å². The number of unbranched alkanes of at least 4 members (excludes halogenated alkanes) is 1. The van der Waals surface area contributed by atoms with Gasteiger partial charge in [0.25, 0.3) is 0 Å². The standard InChI is InChI=1S/C24H32N4O5S2/c25-14-8-7-13-21(28-35(32,33)18-19-9-3-1-4-10-19)23(30)27-16-15-26-22(29)17-34-24(31)20-11-5-2-6-12-20/h1-6,9-12,21,28H,7-8,13-18,25H2,(H,26,29)(H,27,30)/t21-/m0/s1. The molecule has 0 unspecified atom stereocenters. The van der Waals surface area contributed by atoms with Gasteiger partial charge < -0.3 is 16.4 Å². The summed E-state index contributed by atoms with van der Waals surface area (Å²) >= 11 is 0.900. The smallest absolute Gasteiger partial charge is 0.238 e. The molecule has 0 bridgehead atoms. The van der Waals surface area contributed by atoms with Gasteiger partial charge >= 0.3 is 0 Å². The highest BCUT2D eigenvalue weighted by Gasteiger charge is 2.24. The topological polar surface area (TPSA) is 147 Å². The third kappa shape index (κ3) is 11.5. The van der Waals surface area contributed by atoms with Crippen LogP contribution in [0.15, 0.2) is 60.7 Å². The normalized spacial score (nSPS) is 12.0. The molecule has 1 atom stereocenters. The van der Waals surface area contributed by atoms with Crippen molar-refractivity contribution >= 4 is 38.7 Å². The number of rotatable bonds is 15. The molecule has 0 fully saturated rings. The van der Waals surface area contributed by atoms with Crippen LogP contribution in [0.4, 0.5) is 0 Å². The third-order valence-corrected chi connectivity index (χ3v) is 7.14. The van der Waals surface area contributed by atoms with Gasteiger partial charge in [0.2, 0.25) is 27.0 Å². The van der Waals surface area contributed by atoms with Crippen LogP contribution >= 0.6 is 11.8 Å². The zero-order chi connectivity index (χ0) is 25.5. The summed E-state index contributed by atoms with van der Waals surface area (Å²) in [6.07, 6.45) is 1.56. The molecule has 0 saturated carbocycles. The molecular formula is C24H32N4O5S2. The lowest BCUT2D eigenvalue weighted by Crippen LogP contribution is -2.48. The first kappa shape index (κ1) is 28.5. The van der Waals surface area contributed by atoms with Gasteiger partial charge in [0, 0.05) is 18.7 Å². The van der Waals surface area contributed by atoms with E-state index in [1.165, 1.54) is 0 Å². The van der Waals surface area contributed by atoms with Gasteiger partial charge in [-0.2, -0.15) is 0 Å². The minimum atomic E-state index is -3.74. The molecule has 0 aliphatic heterocycles. The summed E-state index contributed by atoms with van der Waals surface area (Å²) in [5.74, 6) is -1.08. The lowest BCUT2D eigenvalue weighted by molar-refractivity contribution is -0.123. The maximum absolute atomic E-state index is 12.7. The van der Waals surface area contributed by atoms with Gasteiger partial charge in [-0.1, -0.05) is 78.8 Å². The van der Waals surface area contributed by atoms with Crippen LogP contribution in [0.2, 0.25) is 0 Å². The minimum absolute atomic E-state index is 0.0390. The van der Waals surface area contributed by atoms with E-state index < -0.39 is 22.0 Å². The molecule has 0 aliphatic carbocycles. The summed E-state index contributed by atoms with van der Waals surface area (Å²) in [5, 5.41) is 5.09. The summed E-state index contributed by atoms with van der Waals surface area (Å²) in [4.78, 5) is 36.7. The molecule has 2 rings (SSSR count). The van der Waals surface area contributed by atoms with Crippen molar-refractivity contribution in [1.29, 1.82) is 0 Å². The van der Waals surface area contributed by atoms with Crippen LogP contribution in [0.25, 0.3) is 0 Å². The lowest BCUT2D eigenvalue weighted by Gasteiger charge is -2.19. The number of hydrogen-bond acceptors (Lipinski definition) is 7. The average molecular weight is 521 g/mol. The summed E-state index contributed by atoms with van der Waals surface area (Å²) in [5.41, 5.74) is 6.66. The van der Waals surface area contributed by atoms with Crippen molar-refractivity contribution in [3.63, 3.8) is 0 Å². The Morgan fingerprint density at radius 1 is 0.886 bits per heavy atom. The first-order valence-corrected chi connectivity index (χ1v) is 13.9. The van der Waals surface area contributed by atoms with Gasteiger partial charge in [0.1, 0.15) is 6.04 Å². The van der Waals surface area contributed by atoms with E-state index in [4.69, 9.17) is 5.73 Å². The van der Waals surface area contributed by atoms with Crippen molar-refractivity contribution in [1.82, 2.24) is 15.4 Å². The summed E-state index contributed by atoms with van der Waals surface area (Å²) in [7, 11) is -3.74. The predicted molar refractivity (Wildman–Crippen MR) is 138 cm³/mol. The van der Waals surface area contributed by atoms with Crippen LogP contribution in [0.1, 0.15) is 35.2 Å². The molecule has 11 heteroatoms. The fourth-order valence-corrected chi connectivity index (χ4v) is 5.18. The van der Waals surface area contributed by atoms with Gasteiger partial charge in [0.05, 0.1) is 11.5 Å². The molecule has 35 heavy (non-hydrogen) atoms.